The summed E-state index contributed by atoms with van der Waals surface area (Å²) in [6.45, 7) is 4.55. The quantitative estimate of drug-likeness (QED) is 0.638. The minimum Gasteiger partial charge on any atom is -0.493 e. The lowest BCUT2D eigenvalue weighted by Crippen LogP contribution is -2.24. The van der Waals surface area contributed by atoms with Crippen LogP contribution in [0.2, 0.25) is 0 Å². The van der Waals surface area contributed by atoms with Crippen LogP contribution in [0, 0.1) is 0 Å². The Bertz CT molecular complexity index is 718. The number of nitrogens with one attached hydrogen (secondary N) is 1. The van der Waals surface area contributed by atoms with Crippen molar-refractivity contribution < 1.29 is 14.3 Å². The number of amides is 1. The van der Waals surface area contributed by atoms with E-state index in [9.17, 15) is 4.79 Å². The maximum Gasteiger partial charge on any atom is 0.238 e. The van der Waals surface area contributed by atoms with E-state index in [1.54, 1.807) is 42.9 Å². The molecule has 142 valence electrons. The highest BCUT2D eigenvalue weighted by Crippen LogP contribution is 2.31. The molecule has 0 fully saturated rings. The number of ether oxygens (including phenoxy) is 2. The van der Waals surface area contributed by atoms with Crippen molar-refractivity contribution in [3.63, 3.8) is 0 Å². The van der Waals surface area contributed by atoms with Gasteiger partial charge in [0.05, 0.1) is 32.2 Å². The summed E-state index contributed by atoms with van der Waals surface area (Å²) in [5, 5.41) is 7.20. The minimum atomic E-state index is -0.101. The number of aromatic nitrogens is 2. The summed E-state index contributed by atoms with van der Waals surface area (Å²) in [6, 6.07) is 7.51. The van der Waals surface area contributed by atoms with Crippen LogP contribution in [0.25, 0.3) is 0 Å². The molecule has 2 rings (SSSR count). The maximum atomic E-state index is 12.4. The van der Waals surface area contributed by atoms with E-state index in [2.05, 4.69) is 17.3 Å². The molecule has 0 aliphatic carbocycles. The number of para-hydroxylation sites is 1. The van der Waals surface area contributed by atoms with Crippen LogP contribution in [0.3, 0.4) is 0 Å². The molecule has 1 heterocycles. The molecular formula is C19H27N3O3S. The van der Waals surface area contributed by atoms with Crippen LogP contribution in [0.15, 0.2) is 30.5 Å². The second kappa shape index (κ2) is 10.1. The van der Waals surface area contributed by atoms with E-state index in [1.807, 2.05) is 25.1 Å². The third-order valence-electron chi connectivity index (χ3n) is 4.01. The summed E-state index contributed by atoms with van der Waals surface area (Å²) in [5.41, 5.74) is 0.927. The molecule has 0 radical (unpaired) electrons. The number of rotatable bonds is 10. The van der Waals surface area contributed by atoms with E-state index in [1.165, 1.54) is 0 Å². The number of hydrogen-bond donors (Lipinski definition) is 1. The van der Waals surface area contributed by atoms with Crippen LogP contribution < -0.4 is 14.8 Å². The number of thioether (sulfide) groups is 1. The van der Waals surface area contributed by atoms with Crippen molar-refractivity contribution in [2.24, 2.45) is 0 Å². The molecule has 1 N–H and O–H groups in total. The average Bonchev–Trinajstić information content (AvgIpc) is 3.08. The molecule has 2 aromatic rings. The third kappa shape index (κ3) is 5.17. The fourth-order valence-corrected chi connectivity index (χ4v) is 3.53. The number of unbranched alkanes of at least 4 members (excludes halogenated alkanes) is 1. The lowest BCUT2D eigenvalue weighted by molar-refractivity contribution is -0.115. The first-order valence-corrected chi connectivity index (χ1v) is 9.79. The van der Waals surface area contributed by atoms with Gasteiger partial charge in [-0.15, -0.1) is 11.8 Å². The molecule has 0 saturated carbocycles. The zero-order valence-corrected chi connectivity index (χ0v) is 16.6. The van der Waals surface area contributed by atoms with E-state index < -0.39 is 0 Å². The largest absolute Gasteiger partial charge is 0.493 e. The van der Waals surface area contributed by atoms with Gasteiger partial charge in [0.25, 0.3) is 0 Å². The lowest BCUT2D eigenvalue weighted by atomic mass is 10.2. The van der Waals surface area contributed by atoms with Crippen molar-refractivity contribution in [3.05, 3.63) is 36.0 Å². The van der Waals surface area contributed by atoms with Crippen molar-refractivity contribution >= 4 is 23.5 Å². The van der Waals surface area contributed by atoms with Crippen LogP contribution in [-0.2, 0) is 11.3 Å². The average molecular weight is 378 g/mol. The molecule has 26 heavy (non-hydrogen) atoms. The van der Waals surface area contributed by atoms with Crippen LogP contribution >= 0.6 is 11.8 Å². The third-order valence-corrected chi connectivity index (χ3v) is 5.25. The molecule has 1 aromatic carbocycles. The Hall–Kier alpha value is -2.15. The molecule has 6 nitrogen and oxygen atoms in total. The first-order valence-electron chi connectivity index (χ1n) is 8.74. The van der Waals surface area contributed by atoms with E-state index in [-0.39, 0.29) is 11.2 Å². The number of nitrogens with zero attached hydrogens (tertiary/aromatic N) is 2. The topological polar surface area (TPSA) is 65.4 Å². The van der Waals surface area contributed by atoms with Crippen molar-refractivity contribution in [2.45, 2.75) is 38.5 Å². The van der Waals surface area contributed by atoms with Crippen molar-refractivity contribution in [1.82, 2.24) is 9.78 Å². The van der Waals surface area contributed by atoms with Crippen molar-refractivity contribution in [1.29, 1.82) is 0 Å². The Morgan fingerprint density at radius 1 is 1.31 bits per heavy atom. The predicted octanol–water partition coefficient (Wildman–Crippen LogP) is 3.81. The number of anilines is 1. The molecular weight excluding hydrogens is 350 g/mol. The summed E-state index contributed by atoms with van der Waals surface area (Å²) >= 11 is 1.67. The minimum absolute atomic E-state index is 0.00883. The maximum absolute atomic E-state index is 12.4. The van der Waals surface area contributed by atoms with Crippen LogP contribution in [0.1, 0.15) is 32.3 Å². The van der Waals surface area contributed by atoms with E-state index in [4.69, 9.17) is 9.47 Å². The Labute approximate surface area is 159 Å². The molecule has 1 atom stereocenters. The molecule has 0 spiro atoms. The molecule has 1 unspecified atom stereocenters. The first kappa shape index (κ1) is 20.2. The van der Waals surface area contributed by atoms with Crippen LogP contribution in [0.5, 0.6) is 11.5 Å². The van der Waals surface area contributed by atoms with Gasteiger partial charge >= 0.3 is 0 Å². The van der Waals surface area contributed by atoms with Gasteiger partial charge in [0.1, 0.15) is 5.82 Å². The summed E-state index contributed by atoms with van der Waals surface area (Å²) in [6.07, 6.45) is 3.93. The smallest absolute Gasteiger partial charge is 0.238 e. The van der Waals surface area contributed by atoms with E-state index in [0.29, 0.717) is 23.9 Å². The number of hydrogen-bond acceptors (Lipinski definition) is 5. The van der Waals surface area contributed by atoms with Gasteiger partial charge in [0, 0.05) is 11.6 Å². The molecule has 0 bridgehead atoms. The fraction of sp³-hybridized carbons (Fsp3) is 0.474. The van der Waals surface area contributed by atoms with Gasteiger partial charge in [-0.1, -0.05) is 25.5 Å². The standard InChI is InChI=1S/C19H27N3O3S/c1-5-6-12-26-14(2)19(23)21-17-10-11-20-22(17)13-15-8-7-9-16(24-3)18(15)25-4/h7-11,14H,5-6,12-13H2,1-4H3,(H,21,23). The summed E-state index contributed by atoms with van der Waals surface area (Å²) in [5.74, 6) is 2.99. The van der Waals surface area contributed by atoms with Gasteiger partial charge in [-0.25, -0.2) is 4.68 Å². The highest BCUT2D eigenvalue weighted by Gasteiger charge is 2.16. The van der Waals surface area contributed by atoms with Crippen LogP contribution in [0.4, 0.5) is 5.82 Å². The zero-order chi connectivity index (χ0) is 18.9. The number of methoxy groups -OCH3 is 2. The molecule has 1 amide bonds. The Morgan fingerprint density at radius 3 is 2.81 bits per heavy atom. The van der Waals surface area contributed by atoms with E-state index in [0.717, 1.165) is 24.2 Å². The van der Waals surface area contributed by atoms with E-state index >= 15 is 0 Å². The second-order valence-corrected chi connectivity index (χ2v) is 7.33. The predicted molar refractivity (Wildman–Crippen MR) is 106 cm³/mol. The van der Waals surface area contributed by atoms with Crippen molar-refractivity contribution in [3.8, 4) is 11.5 Å². The SMILES string of the molecule is CCCCSC(C)C(=O)Nc1ccnn1Cc1cccc(OC)c1OC. The lowest BCUT2D eigenvalue weighted by Gasteiger charge is -2.15. The number of carbonyl (C=O) groups is 1. The Kier molecular flexibility index (Phi) is 7.84. The monoisotopic (exact) mass is 377 g/mol. The summed E-state index contributed by atoms with van der Waals surface area (Å²) < 4.78 is 12.6. The Balaban J connectivity index is 2.08. The van der Waals surface area contributed by atoms with Gasteiger partial charge in [-0.3, -0.25) is 4.79 Å². The van der Waals surface area contributed by atoms with Gasteiger partial charge in [0.2, 0.25) is 5.91 Å². The Morgan fingerprint density at radius 2 is 2.12 bits per heavy atom. The highest BCUT2D eigenvalue weighted by molar-refractivity contribution is 8.00. The molecule has 1 aromatic heterocycles. The van der Waals surface area contributed by atoms with Gasteiger partial charge in [-0.2, -0.15) is 5.10 Å². The normalized spacial score (nSPS) is 11.8. The number of carbonyl (C=O) groups excluding carboxylic acids is 1. The van der Waals surface area contributed by atoms with Gasteiger partial charge < -0.3 is 14.8 Å². The fourth-order valence-electron chi connectivity index (χ4n) is 2.51. The first-order chi connectivity index (χ1) is 12.6. The number of benzene rings is 1. The summed E-state index contributed by atoms with van der Waals surface area (Å²) in [4.78, 5) is 12.4. The molecule has 0 saturated heterocycles. The molecule has 7 heteroatoms. The van der Waals surface area contributed by atoms with Crippen LogP contribution in [-0.4, -0.2) is 40.9 Å². The highest BCUT2D eigenvalue weighted by atomic mass is 32.2. The van der Waals surface area contributed by atoms with Gasteiger partial charge in [-0.05, 0) is 25.2 Å². The zero-order valence-electron chi connectivity index (χ0n) is 15.8. The van der Waals surface area contributed by atoms with Crippen molar-refractivity contribution in [2.75, 3.05) is 25.3 Å². The second-order valence-electron chi connectivity index (χ2n) is 5.88. The molecule has 0 aliphatic rings. The summed E-state index contributed by atoms with van der Waals surface area (Å²) in [7, 11) is 3.22. The van der Waals surface area contributed by atoms with Gasteiger partial charge in [0.15, 0.2) is 11.5 Å². The molecule has 0 aliphatic heterocycles.